The molecular weight excluding hydrogens is 284 g/mol. The van der Waals surface area contributed by atoms with E-state index in [4.69, 9.17) is 0 Å². The van der Waals surface area contributed by atoms with Crippen LogP contribution in [0, 0.1) is 0 Å². The summed E-state index contributed by atoms with van der Waals surface area (Å²) in [5.74, 6) is 0. The molecule has 0 fully saturated rings. The van der Waals surface area contributed by atoms with Crippen molar-refractivity contribution >= 4 is 15.9 Å². The van der Waals surface area contributed by atoms with Crippen LogP contribution in [0.2, 0.25) is 0 Å². The molecule has 0 saturated carbocycles. The van der Waals surface area contributed by atoms with Gasteiger partial charge in [-0.15, -0.1) is 0 Å². The van der Waals surface area contributed by atoms with E-state index in [-0.39, 0.29) is 0 Å². The van der Waals surface area contributed by atoms with E-state index in [1.807, 2.05) is 27.2 Å². The van der Waals surface area contributed by atoms with Gasteiger partial charge < -0.3 is 5.11 Å². The first-order valence-electron chi connectivity index (χ1n) is 5.42. The van der Waals surface area contributed by atoms with Gasteiger partial charge in [-0.2, -0.15) is 10.2 Å². The molecular formula is C11H15BrN4O. The Kier molecular flexibility index (Phi) is 3.35. The lowest BCUT2D eigenvalue weighted by atomic mass is 10.1. The Bertz CT molecular complexity index is 512. The van der Waals surface area contributed by atoms with Crippen molar-refractivity contribution in [2.75, 3.05) is 0 Å². The number of hydrogen-bond donors (Lipinski definition) is 1. The molecule has 92 valence electrons. The van der Waals surface area contributed by atoms with Gasteiger partial charge in [0.1, 0.15) is 6.10 Å². The topological polar surface area (TPSA) is 55.9 Å². The van der Waals surface area contributed by atoms with Gasteiger partial charge in [0.25, 0.3) is 0 Å². The average Bonchev–Trinajstić information content (AvgIpc) is 2.82. The van der Waals surface area contributed by atoms with Gasteiger partial charge >= 0.3 is 0 Å². The summed E-state index contributed by atoms with van der Waals surface area (Å²) in [4.78, 5) is 0. The number of aliphatic hydroxyl groups is 1. The van der Waals surface area contributed by atoms with E-state index in [1.165, 1.54) is 0 Å². The van der Waals surface area contributed by atoms with Crippen LogP contribution in [0.1, 0.15) is 30.0 Å². The number of rotatable bonds is 3. The highest BCUT2D eigenvalue weighted by atomic mass is 79.9. The van der Waals surface area contributed by atoms with Crippen LogP contribution >= 0.6 is 15.9 Å². The van der Waals surface area contributed by atoms with E-state index in [9.17, 15) is 5.11 Å². The zero-order valence-corrected chi connectivity index (χ0v) is 11.6. The molecule has 2 heterocycles. The highest BCUT2D eigenvalue weighted by molar-refractivity contribution is 9.10. The third-order valence-corrected chi connectivity index (χ3v) is 3.37. The fourth-order valence-electron chi connectivity index (χ4n) is 1.93. The molecule has 1 atom stereocenters. The second kappa shape index (κ2) is 4.62. The van der Waals surface area contributed by atoms with E-state index in [1.54, 1.807) is 15.6 Å². The first-order valence-corrected chi connectivity index (χ1v) is 6.21. The predicted molar refractivity (Wildman–Crippen MR) is 67.6 cm³/mol. The van der Waals surface area contributed by atoms with Crippen LogP contribution in [0.3, 0.4) is 0 Å². The first kappa shape index (κ1) is 12.3. The lowest BCUT2D eigenvalue weighted by Crippen LogP contribution is -2.08. The van der Waals surface area contributed by atoms with Crippen LogP contribution in [0.4, 0.5) is 0 Å². The van der Waals surface area contributed by atoms with Gasteiger partial charge in [-0.1, -0.05) is 6.92 Å². The standard InChI is InChI=1S/C11H15BrN4O/c1-4-9-7(6-15(2)14-9)11(17)10-8(12)5-13-16(10)3/h5-6,11,17H,4H2,1-3H3. The number of hydrogen-bond acceptors (Lipinski definition) is 3. The Labute approximate surface area is 108 Å². The molecule has 0 aromatic carbocycles. The van der Waals surface area contributed by atoms with E-state index >= 15 is 0 Å². The molecule has 1 unspecified atom stereocenters. The molecule has 0 aliphatic heterocycles. The lowest BCUT2D eigenvalue weighted by Gasteiger charge is -2.11. The van der Waals surface area contributed by atoms with Gasteiger partial charge in [-0.25, -0.2) is 0 Å². The van der Waals surface area contributed by atoms with Crippen molar-refractivity contribution in [1.29, 1.82) is 0 Å². The molecule has 0 aliphatic carbocycles. The summed E-state index contributed by atoms with van der Waals surface area (Å²) in [7, 11) is 3.67. The van der Waals surface area contributed by atoms with E-state index < -0.39 is 6.10 Å². The lowest BCUT2D eigenvalue weighted by molar-refractivity contribution is 0.208. The maximum Gasteiger partial charge on any atom is 0.125 e. The molecule has 2 aromatic heterocycles. The summed E-state index contributed by atoms with van der Waals surface area (Å²) in [6.07, 6.45) is 3.62. The van der Waals surface area contributed by atoms with E-state index in [0.717, 1.165) is 27.8 Å². The van der Waals surface area contributed by atoms with Gasteiger partial charge in [-0.3, -0.25) is 9.36 Å². The smallest absolute Gasteiger partial charge is 0.125 e. The third-order valence-electron chi connectivity index (χ3n) is 2.76. The number of aryl methyl sites for hydroxylation is 3. The molecule has 0 bridgehead atoms. The van der Waals surface area contributed by atoms with Crippen molar-refractivity contribution in [3.05, 3.63) is 33.8 Å². The molecule has 0 radical (unpaired) electrons. The second-order valence-electron chi connectivity index (χ2n) is 3.96. The molecule has 0 saturated heterocycles. The van der Waals surface area contributed by atoms with Crippen molar-refractivity contribution < 1.29 is 5.11 Å². The van der Waals surface area contributed by atoms with Crippen LogP contribution in [-0.2, 0) is 20.5 Å². The van der Waals surface area contributed by atoms with E-state index in [0.29, 0.717) is 0 Å². The van der Waals surface area contributed by atoms with Crippen molar-refractivity contribution in [3.8, 4) is 0 Å². The number of aliphatic hydroxyl groups excluding tert-OH is 1. The Balaban J connectivity index is 2.46. The molecule has 5 nitrogen and oxygen atoms in total. The first-order chi connectivity index (χ1) is 8.04. The highest BCUT2D eigenvalue weighted by Gasteiger charge is 2.22. The number of nitrogens with zero attached hydrogens (tertiary/aromatic N) is 4. The van der Waals surface area contributed by atoms with Gasteiger partial charge in [0.05, 0.1) is 22.1 Å². The highest BCUT2D eigenvalue weighted by Crippen LogP contribution is 2.29. The average molecular weight is 299 g/mol. The van der Waals surface area contributed by atoms with Crippen LogP contribution in [-0.4, -0.2) is 24.7 Å². The molecule has 1 N–H and O–H groups in total. The summed E-state index contributed by atoms with van der Waals surface area (Å²) >= 11 is 3.40. The van der Waals surface area contributed by atoms with Gasteiger partial charge in [0.2, 0.25) is 0 Å². The molecule has 17 heavy (non-hydrogen) atoms. The minimum absolute atomic E-state index is 0.708. The Hall–Kier alpha value is -1.14. The minimum Gasteiger partial charge on any atom is -0.382 e. The zero-order valence-electron chi connectivity index (χ0n) is 10.1. The van der Waals surface area contributed by atoms with Crippen LogP contribution in [0.15, 0.2) is 16.9 Å². The molecule has 2 aromatic rings. The largest absolute Gasteiger partial charge is 0.382 e. The fraction of sp³-hybridized carbons (Fsp3) is 0.455. The summed E-state index contributed by atoms with van der Waals surface area (Å²) in [6, 6.07) is 0. The number of halogens is 1. The molecule has 0 spiro atoms. The molecule has 6 heteroatoms. The predicted octanol–water partition coefficient (Wildman–Crippen LogP) is 1.56. The van der Waals surface area contributed by atoms with Gasteiger partial charge in [0, 0.05) is 25.9 Å². The molecule has 0 amide bonds. The van der Waals surface area contributed by atoms with Crippen LogP contribution in [0.25, 0.3) is 0 Å². The third kappa shape index (κ3) is 2.14. The summed E-state index contributed by atoms with van der Waals surface area (Å²) in [5.41, 5.74) is 2.49. The Morgan fingerprint density at radius 1 is 1.47 bits per heavy atom. The van der Waals surface area contributed by atoms with Crippen molar-refractivity contribution in [3.63, 3.8) is 0 Å². The molecule has 0 aliphatic rings. The summed E-state index contributed by atoms with van der Waals surface area (Å²) in [5, 5.41) is 18.9. The SMILES string of the molecule is CCc1nn(C)cc1C(O)c1c(Br)cnn1C. The maximum atomic E-state index is 10.4. The quantitative estimate of drug-likeness (QED) is 0.936. The zero-order chi connectivity index (χ0) is 12.6. The summed E-state index contributed by atoms with van der Waals surface area (Å²) < 4.78 is 4.20. The Morgan fingerprint density at radius 2 is 2.18 bits per heavy atom. The van der Waals surface area contributed by atoms with Crippen molar-refractivity contribution in [2.24, 2.45) is 14.1 Å². The van der Waals surface area contributed by atoms with Gasteiger partial charge in [0.15, 0.2) is 0 Å². The van der Waals surface area contributed by atoms with Crippen molar-refractivity contribution in [2.45, 2.75) is 19.4 Å². The molecule has 2 rings (SSSR count). The minimum atomic E-state index is -0.708. The van der Waals surface area contributed by atoms with Gasteiger partial charge in [-0.05, 0) is 22.4 Å². The van der Waals surface area contributed by atoms with Crippen molar-refractivity contribution in [1.82, 2.24) is 19.6 Å². The Morgan fingerprint density at radius 3 is 2.71 bits per heavy atom. The normalized spacial score (nSPS) is 13.0. The van der Waals surface area contributed by atoms with Crippen LogP contribution in [0.5, 0.6) is 0 Å². The summed E-state index contributed by atoms with van der Waals surface area (Å²) in [6.45, 7) is 2.02. The maximum absolute atomic E-state index is 10.4. The second-order valence-corrected chi connectivity index (χ2v) is 4.82. The monoisotopic (exact) mass is 298 g/mol. The fourth-order valence-corrected chi connectivity index (χ4v) is 2.50. The van der Waals surface area contributed by atoms with E-state index in [2.05, 4.69) is 26.1 Å². The number of aromatic nitrogens is 4. The van der Waals surface area contributed by atoms with Crippen LogP contribution < -0.4 is 0 Å².